The van der Waals surface area contributed by atoms with Crippen molar-refractivity contribution in [1.29, 1.82) is 0 Å². The lowest BCUT2D eigenvalue weighted by atomic mass is 9.95. The van der Waals surface area contributed by atoms with Gasteiger partial charge in [0.2, 0.25) is 5.91 Å². The molecule has 1 aromatic carbocycles. The molecule has 1 fully saturated rings. The lowest BCUT2D eigenvalue weighted by molar-refractivity contribution is -0.137. The van der Waals surface area contributed by atoms with Crippen LogP contribution in [0, 0.1) is 0 Å². The minimum atomic E-state index is -4.61. The summed E-state index contributed by atoms with van der Waals surface area (Å²) in [6.07, 6.45) is -2.93. The number of aromatic nitrogens is 1. The quantitative estimate of drug-likeness (QED) is 0.880. The van der Waals surface area contributed by atoms with Crippen molar-refractivity contribution in [3.8, 4) is 0 Å². The van der Waals surface area contributed by atoms with Crippen molar-refractivity contribution in [3.05, 3.63) is 63.0 Å². The number of carbonyl (C=O) groups is 1. The number of H-pyrrole nitrogens is 1. The van der Waals surface area contributed by atoms with E-state index in [0.717, 1.165) is 0 Å². The Balaban J connectivity index is 1.88. The van der Waals surface area contributed by atoms with E-state index in [-0.39, 0.29) is 0 Å². The van der Waals surface area contributed by atoms with E-state index in [1.165, 1.54) is 0 Å². The molecule has 24 heavy (non-hydrogen) atoms. The van der Waals surface area contributed by atoms with Gasteiger partial charge in [-0.25, -0.2) is 0 Å². The van der Waals surface area contributed by atoms with E-state index in [2.05, 4.69) is 5.32 Å². The van der Waals surface area contributed by atoms with Crippen molar-refractivity contribution in [2.75, 3.05) is 5.32 Å². The molecule has 0 radical (unpaired) electrons. The second-order valence-electron chi connectivity index (χ2n) is 5.67. The predicted molar refractivity (Wildman–Crippen MR) is 83.1 cm³/mol. The molecule has 0 spiro atoms. The summed E-state index contributed by atoms with van der Waals surface area (Å²) in [6, 6.07) is 7.31. The highest BCUT2D eigenvalue weighted by Crippen LogP contribution is 2.49. The Bertz CT molecular complexity index is 840. The third-order valence-electron chi connectivity index (χ3n) is 4.06. The Morgan fingerprint density at radius 1 is 1.21 bits per heavy atom. The normalized spacial score (nSPS) is 15.8. The van der Waals surface area contributed by atoms with Crippen molar-refractivity contribution in [3.63, 3.8) is 0 Å². The second kappa shape index (κ2) is 5.66. The van der Waals surface area contributed by atoms with Crippen LogP contribution in [0.1, 0.15) is 24.0 Å². The van der Waals surface area contributed by atoms with E-state index >= 15 is 0 Å². The van der Waals surface area contributed by atoms with Gasteiger partial charge < -0.3 is 10.3 Å². The van der Waals surface area contributed by atoms with E-state index in [4.69, 9.17) is 11.6 Å². The number of hydrogen-bond donors (Lipinski definition) is 2. The second-order valence-corrected chi connectivity index (χ2v) is 6.11. The van der Waals surface area contributed by atoms with Crippen LogP contribution >= 0.6 is 11.6 Å². The van der Waals surface area contributed by atoms with Crippen molar-refractivity contribution in [2.24, 2.45) is 0 Å². The maximum Gasteiger partial charge on any atom is 0.417 e. The van der Waals surface area contributed by atoms with Crippen LogP contribution in [0.3, 0.4) is 0 Å². The number of rotatable bonds is 3. The zero-order valence-corrected chi connectivity index (χ0v) is 13.0. The maximum atomic E-state index is 12.7. The molecule has 1 aliphatic rings. The number of pyridine rings is 1. The van der Waals surface area contributed by atoms with Gasteiger partial charge in [-0.15, -0.1) is 0 Å². The molecule has 2 aromatic rings. The van der Waals surface area contributed by atoms with Crippen molar-refractivity contribution < 1.29 is 18.0 Å². The van der Waals surface area contributed by atoms with Crippen LogP contribution in [0.2, 0.25) is 5.02 Å². The van der Waals surface area contributed by atoms with Crippen LogP contribution in [0.25, 0.3) is 0 Å². The molecule has 2 N–H and O–H groups in total. The van der Waals surface area contributed by atoms with Gasteiger partial charge in [0.1, 0.15) is 5.69 Å². The van der Waals surface area contributed by atoms with Gasteiger partial charge in [0.15, 0.2) is 0 Å². The number of halogens is 4. The van der Waals surface area contributed by atoms with Crippen molar-refractivity contribution >= 4 is 23.2 Å². The topological polar surface area (TPSA) is 62.0 Å². The number of amides is 1. The minimum absolute atomic E-state index is 0.421. The van der Waals surface area contributed by atoms with Gasteiger partial charge in [-0.1, -0.05) is 23.7 Å². The Morgan fingerprint density at radius 2 is 1.83 bits per heavy atom. The summed E-state index contributed by atoms with van der Waals surface area (Å²) in [4.78, 5) is 26.2. The highest BCUT2D eigenvalue weighted by Gasteiger charge is 2.51. The molecule has 1 aromatic heterocycles. The minimum Gasteiger partial charge on any atom is -0.327 e. The first-order chi connectivity index (χ1) is 11.2. The molecule has 1 aliphatic carbocycles. The number of nitrogens with one attached hydrogen (secondary N) is 2. The van der Waals surface area contributed by atoms with Crippen LogP contribution < -0.4 is 10.9 Å². The zero-order valence-electron chi connectivity index (χ0n) is 12.2. The van der Waals surface area contributed by atoms with Gasteiger partial charge in [-0.3, -0.25) is 9.59 Å². The molecule has 0 bridgehead atoms. The Kier molecular flexibility index (Phi) is 3.91. The average molecular weight is 357 g/mol. The third kappa shape index (κ3) is 3.03. The molecule has 0 saturated heterocycles. The fourth-order valence-corrected chi connectivity index (χ4v) is 2.65. The molecular formula is C16H12ClF3N2O2. The lowest BCUT2D eigenvalue weighted by Gasteiger charge is -2.16. The van der Waals surface area contributed by atoms with Gasteiger partial charge in [0.05, 0.1) is 11.0 Å². The van der Waals surface area contributed by atoms with Gasteiger partial charge in [0.25, 0.3) is 5.56 Å². The smallest absolute Gasteiger partial charge is 0.327 e. The van der Waals surface area contributed by atoms with Gasteiger partial charge >= 0.3 is 6.18 Å². The summed E-state index contributed by atoms with van der Waals surface area (Å²) in [5, 5.41) is 2.84. The summed E-state index contributed by atoms with van der Waals surface area (Å²) in [5.41, 5.74) is -2.36. The fourth-order valence-electron chi connectivity index (χ4n) is 2.52. The van der Waals surface area contributed by atoms with Crippen LogP contribution in [0.5, 0.6) is 0 Å². The lowest BCUT2D eigenvalue weighted by Crippen LogP contribution is -2.30. The van der Waals surface area contributed by atoms with E-state index in [9.17, 15) is 22.8 Å². The Hall–Kier alpha value is -2.28. The summed E-state index contributed by atoms with van der Waals surface area (Å²) < 4.78 is 38.2. The highest BCUT2D eigenvalue weighted by molar-refractivity contribution is 6.30. The first kappa shape index (κ1) is 16.6. The summed E-state index contributed by atoms with van der Waals surface area (Å²) in [5.74, 6) is -0.505. The Morgan fingerprint density at radius 3 is 2.38 bits per heavy atom. The maximum absolute atomic E-state index is 12.7. The molecular weight excluding hydrogens is 345 g/mol. The van der Waals surface area contributed by atoms with E-state index in [0.29, 0.717) is 35.7 Å². The van der Waals surface area contributed by atoms with Crippen LogP contribution in [0.15, 0.2) is 41.3 Å². The number of hydrogen-bond acceptors (Lipinski definition) is 2. The standard InChI is InChI=1S/C16H12ClF3N2O2/c17-11-3-1-9(2-4-11)15(5-6-15)14(24)22-12-7-10(16(18,19)20)8-21-13(12)23/h1-4,7-8H,5-6H2,(H,21,23)(H,22,24). The molecule has 8 heteroatoms. The van der Waals surface area contributed by atoms with Gasteiger partial charge in [-0.05, 0) is 36.6 Å². The van der Waals surface area contributed by atoms with Crippen LogP contribution in [-0.4, -0.2) is 10.9 Å². The number of carbonyl (C=O) groups excluding carboxylic acids is 1. The first-order valence-electron chi connectivity index (χ1n) is 7.10. The molecule has 4 nitrogen and oxygen atoms in total. The molecule has 0 unspecified atom stereocenters. The molecule has 0 atom stereocenters. The summed E-state index contributed by atoms with van der Waals surface area (Å²) in [6.45, 7) is 0. The van der Waals surface area contributed by atoms with E-state index in [1.54, 1.807) is 24.3 Å². The van der Waals surface area contributed by atoms with Crippen LogP contribution in [0.4, 0.5) is 18.9 Å². The van der Waals surface area contributed by atoms with E-state index < -0.39 is 34.3 Å². The van der Waals surface area contributed by atoms with Crippen molar-refractivity contribution in [1.82, 2.24) is 4.98 Å². The molecule has 126 valence electrons. The Labute approximate surface area is 139 Å². The van der Waals surface area contributed by atoms with Crippen molar-refractivity contribution in [2.45, 2.75) is 24.4 Å². The SMILES string of the molecule is O=C(Nc1cc(C(F)(F)F)c[nH]c1=O)C1(c2ccc(Cl)cc2)CC1. The molecule has 1 heterocycles. The monoisotopic (exact) mass is 356 g/mol. The first-order valence-corrected chi connectivity index (χ1v) is 7.48. The third-order valence-corrected chi connectivity index (χ3v) is 4.31. The van der Waals surface area contributed by atoms with E-state index in [1.807, 2.05) is 4.98 Å². The average Bonchev–Trinajstić information content (AvgIpc) is 3.31. The summed E-state index contributed by atoms with van der Waals surface area (Å²) >= 11 is 5.82. The molecule has 0 aliphatic heterocycles. The molecule has 1 saturated carbocycles. The predicted octanol–water partition coefficient (Wildman–Crippen LogP) is 3.72. The number of benzene rings is 1. The van der Waals surface area contributed by atoms with Gasteiger partial charge in [-0.2, -0.15) is 13.2 Å². The largest absolute Gasteiger partial charge is 0.417 e. The zero-order chi connectivity index (χ0) is 17.5. The molecule has 3 rings (SSSR count). The number of aromatic amines is 1. The van der Waals surface area contributed by atoms with Crippen LogP contribution in [-0.2, 0) is 16.4 Å². The fraction of sp³-hybridized carbons (Fsp3) is 0.250. The number of anilines is 1. The highest BCUT2D eigenvalue weighted by atomic mass is 35.5. The molecule has 1 amide bonds. The van der Waals surface area contributed by atoms with Gasteiger partial charge in [0, 0.05) is 11.2 Å². The number of alkyl halides is 3. The summed E-state index contributed by atoms with van der Waals surface area (Å²) in [7, 11) is 0.